The van der Waals surface area contributed by atoms with Gasteiger partial charge in [0.2, 0.25) is 0 Å². The first-order chi connectivity index (χ1) is 15.3. The van der Waals surface area contributed by atoms with Gasteiger partial charge in [0.25, 0.3) is 0 Å². The SMILES string of the molecule is CCCCCCCCC1(CCCCCCCC)c2ccc#cc2-c2ccc(CP)cc21. The molecule has 2 aromatic rings. The first kappa shape index (κ1) is 24.3. The lowest BCUT2D eigenvalue weighted by Gasteiger charge is -2.33. The molecule has 0 heterocycles. The van der Waals surface area contributed by atoms with Crippen LogP contribution in [-0.2, 0) is 11.6 Å². The standard InChI is InChI=1S/C30H43P/c1-3-5-7-9-11-15-21-30(22-16-12-10-8-6-4-2)28-18-14-13-17-26(28)27-20-19-25(24-31)23-29(27)30/h14,18-20,23H,3-12,15-16,21-22,24,31H2,1-2H3. The number of rotatable bonds is 15. The van der Waals surface area contributed by atoms with Crippen LogP contribution in [0.2, 0.25) is 0 Å². The van der Waals surface area contributed by atoms with Gasteiger partial charge in [0.15, 0.2) is 0 Å². The Bertz CT molecular complexity index is 775. The molecule has 1 atom stereocenters. The van der Waals surface area contributed by atoms with Crippen molar-refractivity contribution in [1.29, 1.82) is 0 Å². The zero-order valence-corrected chi connectivity index (χ0v) is 21.2. The fraction of sp³-hybridized carbons (Fsp3) is 0.600. The molecule has 0 aliphatic heterocycles. The molecule has 1 unspecified atom stereocenters. The predicted octanol–water partition coefficient (Wildman–Crippen LogP) is 9.43. The monoisotopic (exact) mass is 434 g/mol. The maximum absolute atomic E-state index is 3.50. The molecule has 1 aliphatic rings. The largest absolute Gasteiger partial charge is 0.133 e. The normalized spacial score (nSPS) is 13.6. The highest BCUT2D eigenvalue weighted by molar-refractivity contribution is 7.15. The van der Waals surface area contributed by atoms with Crippen LogP contribution < -0.4 is 0 Å². The van der Waals surface area contributed by atoms with Crippen molar-refractivity contribution in [3.8, 4) is 11.1 Å². The Kier molecular flexibility index (Phi) is 9.94. The Hall–Kier alpha value is -1.31. The van der Waals surface area contributed by atoms with E-state index in [-0.39, 0.29) is 5.41 Å². The first-order valence-electron chi connectivity index (χ1n) is 13.0. The molecule has 0 N–H and O–H groups in total. The highest BCUT2D eigenvalue weighted by Crippen LogP contribution is 2.53. The van der Waals surface area contributed by atoms with Crippen LogP contribution in [-0.4, -0.2) is 0 Å². The summed E-state index contributed by atoms with van der Waals surface area (Å²) < 4.78 is 0. The lowest BCUT2D eigenvalue weighted by atomic mass is 9.70. The second-order valence-electron chi connectivity index (χ2n) is 9.59. The summed E-state index contributed by atoms with van der Waals surface area (Å²) >= 11 is 0. The van der Waals surface area contributed by atoms with E-state index in [4.69, 9.17) is 0 Å². The number of unbranched alkanes of at least 4 members (excludes halogenated alkanes) is 10. The fourth-order valence-electron chi connectivity index (χ4n) is 5.56. The topological polar surface area (TPSA) is 0 Å². The Labute approximate surface area is 194 Å². The Morgan fingerprint density at radius 1 is 0.742 bits per heavy atom. The van der Waals surface area contributed by atoms with Crippen molar-refractivity contribution >= 4 is 9.24 Å². The zero-order chi connectivity index (χ0) is 21.9. The van der Waals surface area contributed by atoms with E-state index < -0.39 is 0 Å². The lowest BCUT2D eigenvalue weighted by molar-refractivity contribution is 0.397. The maximum atomic E-state index is 3.50. The third-order valence-electron chi connectivity index (χ3n) is 7.33. The molecule has 3 rings (SSSR count). The Morgan fingerprint density at radius 2 is 1.35 bits per heavy atom. The van der Waals surface area contributed by atoms with Gasteiger partial charge in [-0.25, -0.2) is 0 Å². The van der Waals surface area contributed by atoms with E-state index in [1.54, 1.807) is 5.56 Å². The lowest BCUT2D eigenvalue weighted by Crippen LogP contribution is -2.25. The summed E-state index contributed by atoms with van der Waals surface area (Å²) in [4.78, 5) is 0. The molecular formula is C30H43P. The van der Waals surface area contributed by atoms with Crippen molar-refractivity contribution in [3.63, 3.8) is 0 Å². The van der Waals surface area contributed by atoms with Gasteiger partial charge in [-0.05, 0) is 53.4 Å². The summed E-state index contributed by atoms with van der Waals surface area (Å²) in [6, 6.07) is 18.4. The van der Waals surface area contributed by atoms with E-state index in [0.29, 0.717) is 0 Å². The van der Waals surface area contributed by atoms with Crippen LogP contribution in [0, 0.1) is 12.1 Å². The third-order valence-corrected chi connectivity index (χ3v) is 7.81. The predicted molar refractivity (Wildman–Crippen MR) is 140 cm³/mol. The number of fused-ring (bicyclic) bond motifs is 3. The van der Waals surface area contributed by atoms with E-state index in [2.05, 4.69) is 65.6 Å². The first-order valence-corrected chi connectivity index (χ1v) is 13.8. The second kappa shape index (κ2) is 12.7. The summed E-state index contributed by atoms with van der Waals surface area (Å²) in [5.41, 5.74) is 7.48. The second-order valence-corrected chi connectivity index (χ2v) is 10.0. The van der Waals surface area contributed by atoms with Crippen molar-refractivity contribution < 1.29 is 0 Å². The highest BCUT2D eigenvalue weighted by atomic mass is 31.0. The minimum absolute atomic E-state index is 0.182. The third kappa shape index (κ3) is 5.93. The average Bonchev–Trinajstić information content (AvgIpc) is 3.08. The quantitative estimate of drug-likeness (QED) is 0.193. The molecular weight excluding hydrogens is 391 g/mol. The molecule has 31 heavy (non-hydrogen) atoms. The van der Waals surface area contributed by atoms with Crippen LogP contribution in [0.15, 0.2) is 30.3 Å². The van der Waals surface area contributed by atoms with E-state index >= 15 is 0 Å². The minimum Gasteiger partial charge on any atom is -0.133 e. The van der Waals surface area contributed by atoms with E-state index in [1.807, 2.05) is 0 Å². The van der Waals surface area contributed by atoms with Crippen LogP contribution in [0.3, 0.4) is 0 Å². The van der Waals surface area contributed by atoms with Crippen molar-refractivity contribution in [2.75, 3.05) is 0 Å². The van der Waals surface area contributed by atoms with Gasteiger partial charge in [-0.2, -0.15) is 0 Å². The van der Waals surface area contributed by atoms with Gasteiger partial charge in [0.1, 0.15) is 0 Å². The number of hydrogen-bond acceptors (Lipinski definition) is 0. The van der Waals surface area contributed by atoms with Crippen LogP contribution >= 0.6 is 9.24 Å². The van der Waals surface area contributed by atoms with Gasteiger partial charge in [0, 0.05) is 11.0 Å². The molecule has 0 bridgehead atoms. The molecule has 0 nitrogen and oxygen atoms in total. The fourth-order valence-corrected chi connectivity index (χ4v) is 5.81. The summed E-state index contributed by atoms with van der Waals surface area (Å²) in [6.07, 6.45) is 20.0. The summed E-state index contributed by atoms with van der Waals surface area (Å²) in [6.45, 7) is 4.61. The maximum Gasteiger partial charge on any atom is 0.0365 e. The van der Waals surface area contributed by atoms with Gasteiger partial charge in [0.05, 0.1) is 0 Å². The van der Waals surface area contributed by atoms with Gasteiger partial charge in [-0.1, -0.05) is 121 Å². The van der Waals surface area contributed by atoms with Crippen molar-refractivity contribution in [3.05, 3.63) is 59.2 Å². The van der Waals surface area contributed by atoms with Gasteiger partial charge < -0.3 is 0 Å². The minimum atomic E-state index is 0.182. The molecule has 1 heteroatoms. The Balaban J connectivity index is 1.83. The van der Waals surface area contributed by atoms with Crippen molar-refractivity contribution in [2.45, 2.75) is 115 Å². The van der Waals surface area contributed by atoms with E-state index in [0.717, 1.165) is 6.16 Å². The smallest absolute Gasteiger partial charge is 0.0365 e. The van der Waals surface area contributed by atoms with Crippen LogP contribution in [0.4, 0.5) is 0 Å². The van der Waals surface area contributed by atoms with Gasteiger partial charge in [-0.3, -0.25) is 0 Å². The molecule has 0 aromatic heterocycles. The Morgan fingerprint density at radius 3 is 1.97 bits per heavy atom. The number of benzene rings is 1. The molecule has 0 fully saturated rings. The molecule has 2 aromatic carbocycles. The summed E-state index contributed by atoms with van der Waals surface area (Å²) in [5, 5.41) is 0. The van der Waals surface area contributed by atoms with E-state index in [1.165, 1.54) is 112 Å². The molecule has 0 saturated heterocycles. The molecule has 1 aliphatic carbocycles. The van der Waals surface area contributed by atoms with Gasteiger partial charge in [-0.15, -0.1) is 9.24 Å². The van der Waals surface area contributed by atoms with E-state index in [9.17, 15) is 0 Å². The molecule has 168 valence electrons. The van der Waals surface area contributed by atoms with Crippen molar-refractivity contribution in [1.82, 2.24) is 0 Å². The molecule has 0 spiro atoms. The molecule has 0 amide bonds. The summed E-state index contributed by atoms with van der Waals surface area (Å²) in [7, 11) is 2.91. The molecule has 0 radical (unpaired) electrons. The van der Waals surface area contributed by atoms with Crippen LogP contribution in [0.1, 0.15) is 120 Å². The van der Waals surface area contributed by atoms with Crippen LogP contribution in [0.5, 0.6) is 0 Å². The highest BCUT2D eigenvalue weighted by Gasteiger charge is 2.42. The zero-order valence-electron chi connectivity index (χ0n) is 20.1. The average molecular weight is 435 g/mol. The number of hydrogen-bond donors (Lipinski definition) is 0. The van der Waals surface area contributed by atoms with Crippen LogP contribution in [0.25, 0.3) is 11.1 Å². The van der Waals surface area contributed by atoms with Crippen molar-refractivity contribution in [2.24, 2.45) is 0 Å². The van der Waals surface area contributed by atoms with Gasteiger partial charge >= 0.3 is 0 Å². The summed E-state index contributed by atoms with van der Waals surface area (Å²) in [5.74, 6) is 0. The molecule has 0 saturated carbocycles.